The van der Waals surface area contributed by atoms with Crippen molar-refractivity contribution < 1.29 is 4.79 Å². The summed E-state index contributed by atoms with van der Waals surface area (Å²) in [6, 6.07) is 5.92. The van der Waals surface area contributed by atoms with Crippen LogP contribution >= 0.6 is 0 Å². The fourth-order valence-corrected chi connectivity index (χ4v) is 3.14. The molecule has 2 rings (SSSR count). The van der Waals surface area contributed by atoms with Gasteiger partial charge in [-0.3, -0.25) is 4.79 Å². The molecule has 0 heterocycles. The minimum absolute atomic E-state index is 0.158. The Labute approximate surface area is 127 Å². The van der Waals surface area contributed by atoms with Crippen molar-refractivity contribution in [2.45, 2.75) is 46.0 Å². The zero-order valence-corrected chi connectivity index (χ0v) is 13.0. The van der Waals surface area contributed by atoms with Crippen molar-refractivity contribution in [1.82, 2.24) is 0 Å². The SMILES string of the molecule is CCC1(C(=O)Nc2cc(C)cc(C#CCN)c2)CCCC1. The van der Waals surface area contributed by atoms with Crippen molar-refractivity contribution in [2.24, 2.45) is 11.1 Å². The highest BCUT2D eigenvalue weighted by Gasteiger charge is 2.39. The predicted octanol–water partition coefficient (Wildman–Crippen LogP) is 3.21. The van der Waals surface area contributed by atoms with Crippen LogP contribution in [0.2, 0.25) is 0 Å². The number of nitrogens with two attached hydrogens (primary N) is 1. The molecule has 1 fully saturated rings. The van der Waals surface area contributed by atoms with Gasteiger partial charge in [0.1, 0.15) is 0 Å². The van der Waals surface area contributed by atoms with E-state index in [1.54, 1.807) is 0 Å². The zero-order valence-electron chi connectivity index (χ0n) is 13.0. The molecule has 1 amide bonds. The van der Waals surface area contributed by atoms with Gasteiger partial charge in [-0.25, -0.2) is 0 Å². The Morgan fingerprint density at radius 3 is 2.67 bits per heavy atom. The average molecular weight is 284 g/mol. The Hall–Kier alpha value is -1.79. The summed E-state index contributed by atoms with van der Waals surface area (Å²) in [4.78, 5) is 12.6. The van der Waals surface area contributed by atoms with Crippen LogP contribution in [-0.4, -0.2) is 12.5 Å². The molecule has 1 saturated carbocycles. The maximum Gasteiger partial charge on any atom is 0.230 e. The minimum atomic E-state index is -0.174. The first-order valence-corrected chi connectivity index (χ1v) is 7.72. The van der Waals surface area contributed by atoms with Gasteiger partial charge < -0.3 is 11.1 Å². The van der Waals surface area contributed by atoms with E-state index < -0.39 is 0 Å². The van der Waals surface area contributed by atoms with Crippen molar-refractivity contribution >= 4 is 11.6 Å². The van der Waals surface area contributed by atoms with E-state index in [2.05, 4.69) is 24.1 Å². The molecular formula is C18H24N2O. The Kier molecular flexibility index (Phi) is 5.03. The number of benzene rings is 1. The summed E-state index contributed by atoms with van der Waals surface area (Å²) >= 11 is 0. The van der Waals surface area contributed by atoms with E-state index in [-0.39, 0.29) is 11.3 Å². The van der Waals surface area contributed by atoms with E-state index in [0.29, 0.717) is 6.54 Å². The first-order valence-electron chi connectivity index (χ1n) is 7.72. The van der Waals surface area contributed by atoms with Crippen LogP contribution in [0.15, 0.2) is 18.2 Å². The second-order valence-corrected chi connectivity index (χ2v) is 5.89. The molecule has 0 spiro atoms. The van der Waals surface area contributed by atoms with Gasteiger partial charge in [0.25, 0.3) is 0 Å². The zero-order chi connectivity index (χ0) is 15.3. The molecule has 1 aliphatic carbocycles. The van der Waals surface area contributed by atoms with E-state index in [4.69, 9.17) is 5.73 Å². The molecule has 21 heavy (non-hydrogen) atoms. The Morgan fingerprint density at radius 1 is 1.33 bits per heavy atom. The summed E-state index contributed by atoms with van der Waals surface area (Å²) in [5, 5.41) is 3.10. The summed E-state index contributed by atoms with van der Waals surface area (Å²) in [5.74, 6) is 6.03. The normalized spacial score (nSPS) is 16.1. The quantitative estimate of drug-likeness (QED) is 0.837. The van der Waals surface area contributed by atoms with Crippen molar-refractivity contribution in [1.29, 1.82) is 0 Å². The molecular weight excluding hydrogens is 260 g/mol. The highest BCUT2D eigenvalue weighted by atomic mass is 16.2. The Bertz CT molecular complexity index is 575. The first kappa shape index (κ1) is 15.6. The molecule has 3 heteroatoms. The molecule has 112 valence electrons. The number of aryl methyl sites for hydroxylation is 1. The van der Waals surface area contributed by atoms with Crippen LogP contribution in [0.3, 0.4) is 0 Å². The van der Waals surface area contributed by atoms with Gasteiger partial charge in [-0.05, 0) is 49.9 Å². The molecule has 0 unspecified atom stereocenters. The molecule has 0 saturated heterocycles. The van der Waals surface area contributed by atoms with Crippen LogP contribution in [-0.2, 0) is 4.79 Å². The standard InChI is InChI=1S/C18H24N2O/c1-3-18(8-4-5-9-18)17(21)20-16-12-14(2)11-15(13-16)7-6-10-19/h11-13H,3-5,8-10,19H2,1-2H3,(H,20,21). The van der Waals surface area contributed by atoms with E-state index in [9.17, 15) is 4.79 Å². The second kappa shape index (κ2) is 6.78. The molecule has 0 aliphatic heterocycles. The fourth-order valence-electron chi connectivity index (χ4n) is 3.14. The fraction of sp³-hybridized carbons (Fsp3) is 0.500. The summed E-state index contributed by atoms with van der Waals surface area (Å²) < 4.78 is 0. The number of hydrogen-bond donors (Lipinski definition) is 2. The van der Waals surface area contributed by atoms with Crippen molar-refractivity contribution in [3.63, 3.8) is 0 Å². The average Bonchev–Trinajstić information content (AvgIpc) is 2.94. The van der Waals surface area contributed by atoms with Crippen molar-refractivity contribution in [3.8, 4) is 11.8 Å². The number of rotatable bonds is 3. The topological polar surface area (TPSA) is 55.1 Å². The molecule has 1 aromatic carbocycles. The molecule has 3 nitrogen and oxygen atoms in total. The van der Waals surface area contributed by atoms with Crippen LogP contribution in [0.5, 0.6) is 0 Å². The van der Waals surface area contributed by atoms with Crippen LogP contribution < -0.4 is 11.1 Å². The highest BCUT2D eigenvalue weighted by Crippen LogP contribution is 2.41. The van der Waals surface area contributed by atoms with E-state index in [0.717, 1.165) is 48.9 Å². The van der Waals surface area contributed by atoms with Gasteiger partial charge in [0.05, 0.1) is 6.54 Å². The number of amides is 1. The smallest absolute Gasteiger partial charge is 0.230 e. The third kappa shape index (κ3) is 3.65. The summed E-state index contributed by atoms with van der Waals surface area (Å²) in [5.41, 5.74) is 8.05. The molecule has 0 radical (unpaired) electrons. The molecule has 0 atom stereocenters. The monoisotopic (exact) mass is 284 g/mol. The molecule has 3 N–H and O–H groups in total. The summed E-state index contributed by atoms with van der Waals surface area (Å²) in [7, 11) is 0. The first-order chi connectivity index (χ1) is 10.1. The van der Waals surface area contributed by atoms with Gasteiger partial charge in [0.15, 0.2) is 0 Å². The van der Waals surface area contributed by atoms with Crippen LogP contribution in [0.25, 0.3) is 0 Å². The van der Waals surface area contributed by atoms with Gasteiger partial charge in [0, 0.05) is 16.7 Å². The predicted molar refractivity (Wildman–Crippen MR) is 86.9 cm³/mol. The summed E-state index contributed by atoms with van der Waals surface area (Å²) in [6.07, 6.45) is 5.22. The third-order valence-electron chi connectivity index (χ3n) is 4.39. The maximum atomic E-state index is 12.6. The van der Waals surface area contributed by atoms with Crippen LogP contribution in [0.1, 0.15) is 50.2 Å². The largest absolute Gasteiger partial charge is 0.326 e. The highest BCUT2D eigenvalue weighted by molar-refractivity contribution is 5.95. The lowest BCUT2D eigenvalue weighted by Gasteiger charge is -2.26. The molecule has 1 aromatic rings. The number of carbonyl (C=O) groups excluding carboxylic acids is 1. The van der Waals surface area contributed by atoms with Gasteiger partial charge in [0.2, 0.25) is 5.91 Å². The molecule has 0 aromatic heterocycles. The van der Waals surface area contributed by atoms with E-state index in [1.165, 1.54) is 0 Å². The van der Waals surface area contributed by atoms with Gasteiger partial charge in [-0.1, -0.05) is 31.6 Å². The Balaban J connectivity index is 2.19. The van der Waals surface area contributed by atoms with Crippen LogP contribution in [0, 0.1) is 24.2 Å². The second-order valence-electron chi connectivity index (χ2n) is 5.89. The molecule has 0 bridgehead atoms. The van der Waals surface area contributed by atoms with Crippen molar-refractivity contribution in [3.05, 3.63) is 29.3 Å². The lowest BCUT2D eigenvalue weighted by Crippen LogP contribution is -2.33. The lowest BCUT2D eigenvalue weighted by atomic mass is 9.82. The minimum Gasteiger partial charge on any atom is -0.326 e. The van der Waals surface area contributed by atoms with Gasteiger partial charge in [-0.2, -0.15) is 0 Å². The summed E-state index contributed by atoms with van der Waals surface area (Å²) in [6.45, 7) is 4.46. The number of anilines is 1. The number of hydrogen-bond acceptors (Lipinski definition) is 2. The maximum absolute atomic E-state index is 12.6. The van der Waals surface area contributed by atoms with Crippen molar-refractivity contribution in [2.75, 3.05) is 11.9 Å². The van der Waals surface area contributed by atoms with E-state index in [1.807, 2.05) is 25.1 Å². The molecule has 1 aliphatic rings. The van der Waals surface area contributed by atoms with Gasteiger partial charge in [-0.15, -0.1) is 0 Å². The Morgan fingerprint density at radius 2 is 2.05 bits per heavy atom. The number of nitrogens with one attached hydrogen (secondary N) is 1. The van der Waals surface area contributed by atoms with Gasteiger partial charge >= 0.3 is 0 Å². The van der Waals surface area contributed by atoms with E-state index >= 15 is 0 Å². The third-order valence-corrected chi connectivity index (χ3v) is 4.39. The number of carbonyl (C=O) groups is 1. The lowest BCUT2D eigenvalue weighted by molar-refractivity contribution is -0.125. The van der Waals surface area contributed by atoms with Crippen LogP contribution in [0.4, 0.5) is 5.69 Å².